The molecule has 16 heavy (non-hydrogen) atoms. The lowest BCUT2D eigenvalue weighted by atomic mass is 10.0. The zero-order chi connectivity index (χ0) is 11.4. The maximum Gasteiger partial charge on any atom is 0.165 e. The molecule has 1 aromatic heterocycles. The van der Waals surface area contributed by atoms with Crippen LogP contribution in [0.4, 0.5) is 5.69 Å². The van der Waals surface area contributed by atoms with Gasteiger partial charge in [0.2, 0.25) is 0 Å². The number of rotatable bonds is 4. The molecule has 2 aromatic rings. The topological polar surface area (TPSA) is 43.1 Å². The SMILES string of the molecule is Nc1ccccc1C(=O)CCc1cccs1. The molecule has 82 valence electrons. The third-order valence-corrected chi connectivity index (χ3v) is 3.38. The Morgan fingerprint density at radius 1 is 1.19 bits per heavy atom. The first kappa shape index (κ1) is 10.9. The highest BCUT2D eigenvalue weighted by Crippen LogP contribution is 2.16. The van der Waals surface area contributed by atoms with Crippen LogP contribution in [0.2, 0.25) is 0 Å². The summed E-state index contributed by atoms with van der Waals surface area (Å²) in [5, 5.41) is 2.02. The molecular formula is C13H13NOS. The number of nitrogens with two attached hydrogens (primary N) is 1. The quantitative estimate of drug-likeness (QED) is 0.649. The molecule has 1 aromatic carbocycles. The summed E-state index contributed by atoms with van der Waals surface area (Å²) in [4.78, 5) is 13.1. The van der Waals surface area contributed by atoms with Crippen molar-refractivity contribution >= 4 is 22.8 Å². The van der Waals surface area contributed by atoms with Crippen LogP contribution in [0, 0.1) is 0 Å². The Kier molecular flexibility index (Phi) is 3.37. The molecule has 0 spiro atoms. The summed E-state index contributed by atoms with van der Waals surface area (Å²) in [5.74, 6) is 0.117. The van der Waals surface area contributed by atoms with E-state index in [0.29, 0.717) is 17.7 Å². The number of thiophene rings is 1. The molecule has 0 amide bonds. The maximum atomic E-state index is 11.9. The molecule has 0 aliphatic rings. The highest BCUT2D eigenvalue weighted by Gasteiger charge is 2.09. The number of carbonyl (C=O) groups excluding carboxylic acids is 1. The summed E-state index contributed by atoms with van der Waals surface area (Å²) in [5.41, 5.74) is 6.96. The molecule has 0 unspecified atom stereocenters. The minimum absolute atomic E-state index is 0.117. The first-order valence-corrected chi connectivity index (χ1v) is 6.05. The molecule has 2 N–H and O–H groups in total. The van der Waals surface area contributed by atoms with Crippen molar-refractivity contribution in [2.75, 3.05) is 5.73 Å². The van der Waals surface area contributed by atoms with Gasteiger partial charge in [0.05, 0.1) is 0 Å². The van der Waals surface area contributed by atoms with Crippen LogP contribution in [0.3, 0.4) is 0 Å². The summed E-state index contributed by atoms with van der Waals surface area (Å²) < 4.78 is 0. The second-order valence-electron chi connectivity index (χ2n) is 3.59. The largest absolute Gasteiger partial charge is 0.398 e. The Bertz CT molecular complexity index is 476. The Morgan fingerprint density at radius 2 is 2.00 bits per heavy atom. The van der Waals surface area contributed by atoms with Crippen LogP contribution in [-0.4, -0.2) is 5.78 Å². The van der Waals surface area contributed by atoms with Gasteiger partial charge in [0.25, 0.3) is 0 Å². The van der Waals surface area contributed by atoms with Gasteiger partial charge < -0.3 is 5.73 Å². The first-order chi connectivity index (χ1) is 7.77. The third-order valence-electron chi connectivity index (χ3n) is 2.44. The molecule has 0 fully saturated rings. The average Bonchev–Trinajstić information content (AvgIpc) is 2.79. The summed E-state index contributed by atoms with van der Waals surface area (Å²) in [7, 11) is 0. The second-order valence-corrected chi connectivity index (χ2v) is 4.62. The van der Waals surface area contributed by atoms with E-state index in [1.807, 2.05) is 29.6 Å². The number of para-hydroxylation sites is 1. The lowest BCUT2D eigenvalue weighted by molar-refractivity contribution is 0.0984. The standard InChI is InChI=1S/C13H13NOS/c14-12-6-2-1-5-11(12)13(15)8-7-10-4-3-9-16-10/h1-6,9H,7-8,14H2. The van der Waals surface area contributed by atoms with Crippen molar-refractivity contribution in [2.45, 2.75) is 12.8 Å². The van der Waals surface area contributed by atoms with Gasteiger partial charge in [0.15, 0.2) is 5.78 Å². The van der Waals surface area contributed by atoms with Crippen LogP contribution >= 0.6 is 11.3 Å². The number of nitrogen functional groups attached to an aromatic ring is 1. The molecule has 0 saturated carbocycles. The fourth-order valence-corrected chi connectivity index (χ4v) is 2.29. The molecule has 0 aliphatic carbocycles. The number of anilines is 1. The van der Waals surface area contributed by atoms with Gasteiger partial charge >= 0.3 is 0 Å². The van der Waals surface area contributed by atoms with Crippen molar-refractivity contribution in [3.63, 3.8) is 0 Å². The van der Waals surface area contributed by atoms with Crippen LogP contribution in [0.1, 0.15) is 21.7 Å². The molecule has 0 saturated heterocycles. The Balaban J connectivity index is 2.01. The van der Waals surface area contributed by atoms with Gasteiger partial charge in [0.1, 0.15) is 0 Å². The van der Waals surface area contributed by atoms with E-state index < -0.39 is 0 Å². The highest BCUT2D eigenvalue weighted by atomic mass is 32.1. The van der Waals surface area contributed by atoms with E-state index in [1.165, 1.54) is 4.88 Å². The zero-order valence-electron chi connectivity index (χ0n) is 8.85. The summed E-state index contributed by atoms with van der Waals surface area (Å²) in [6, 6.07) is 11.3. The fourth-order valence-electron chi connectivity index (χ4n) is 1.58. The molecule has 0 radical (unpaired) electrons. The van der Waals surface area contributed by atoms with E-state index in [9.17, 15) is 4.79 Å². The van der Waals surface area contributed by atoms with Gasteiger partial charge in [-0.25, -0.2) is 0 Å². The zero-order valence-corrected chi connectivity index (χ0v) is 9.67. The maximum absolute atomic E-state index is 11.9. The van der Waals surface area contributed by atoms with E-state index in [4.69, 9.17) is 5.73 Å². The Morgan fingerprint density at radius 3 is 2.69 bits per heavy atom. The second kappa shape index (κ2) is 4.94. The van der Waals surface area contributed by atoms with E-state index in [0.717, 1.165) is 6.42 Å². The van der Waals surface area contributed by atoms with Crippen molar-refractivity contribution in [1.29, 1.82) is 0 Å². The number of aryl methyl sites for hydroxylation is 1. The Labute approximate surface area is 98.7 Å². The van der Waals surface area contributed by atoms with Crippen molar-refractivity contribution in [3.05, 3.63) is 52.2 Å². The Hall–Kier alpha value is -1.61. The molecule has 0 bridgehead atoms. The number of Topliss-reactive ketones (excluding diaryl/α,β-unsaturated/α-hetero) is 1. The molecule has 0 aliphatic heterocycles. The normalized spacial score (nSPS) is 10.2. The van der Waals surface area contributed by atoms with Crippen LogP contribution < -0.4 is 5.73 Å². The number of hydrogen-bond acceptors (Lipinski definition) is 3. The minimum atomic E-state index is 0.117. The van der Waals surface area contributed by atoms with Gasteiger partial charge in [-0.3, -0.25) is 4.79 Å². The van der Waals surface area contributed by atoms with Gasteiger partial charge in [-0.15, -0.1) is 11.3 Å². The molecule has 3 heteroatoms. The summed E-state index contributed by atoms with van der Waals surface area (Å²) >= 11 is 1.68. The van der Waals surface area contributed by atoms with Crippen molar-refractivity contribution < 1.29 is 4.79 Å². The first-order valence-electron chi connectivity index (χ1n) is 5.17. The van der Waals surface area contributed by atoms with E-state index in [-0.39, 0.29) is 5.78 Å². The van der Waals surface area contributed by atoms with Crippen molar-refractivity contribution in [2.24, 2.45) is 0 Å². The average molecular weight is 231 g/mol. The monoisotopic (exact) mass is 231 g/mol. The fraction of sp³-hybridized carbons (Fsp3) is 0.154. The smallest absolute Gasteiger partial charge is 0.165 e. The van der Waals surface area contributed by atoms with Gasteiger partial charge in [-0.2, -0.15) is 0 Å². The predicted molar refractivity (Wildman–Crippen MR) is 67.8 cm³/mol. The molecule has 1 heterocycles. The van der Waals surface area contributed by atoms with Crippen molar-refractivity contribution in [3.8, 4) is 0 Å². The molecule has 2 nitrogen and oxygen atoms in total. The van der Waals surface area contributed by atoms with Crippen molar-refractivity contribution in [1.82, 2.24) is 0 Å². The third kappa shape index (κ3) is 2.49. The molecular weight excluding hydrogens is 218 g/mol. The van der Waals surface area contributed by atoms with Crippen LogP contribution in [0.5, 0.6) is 0 Å². The van der Waals surface area contributed by atoms with Gasteiger partial charge in [0, 0.05) is 22.5 Å². The molecule has 0 atom stereocenters. The van der Waals surface area contributed by atoms with Crippen LogP contribution in [0.15, 0.2) is 41.8 Å². The molecule has 2 rings (SSSR count). The van der Waals surface area contributed by atoms with Crippen LogP contribution in [0.25, 0.3) is 0 Å². The predicted octanol–water partition coefficient (Wildman–Crippen LogP) is 3.15. The lowest BCUT2D eigenvalue weighted by Gasteiger charge is -2.03. The van der Waals surface area contributed by atoms with Gasteiger partial charge in [-0.05, 0) is 30.0 Å². The summed E-state index contributed by atoms with van der Waals surface area (Å²) in [6.45, 7) is 0. The number of carbonyl (C=O) groups is 1. The van der Waals surface area contributed by atoms with E-state index in [1.54, 1.807) is 23.5 Å². The summed E-state index contributed by atoms with van der Waals surface area (Å²) in [6.07, 6.45) is 1.32. The minimum Gasteiger partial charge on any atom is -0.398 e. The number of benzene rings is 1. The van der Waals surface area contributed by atoms with Gasteiger partial charge in [-0.1, -0.05) is 18.2 Å². The lowest BCUT2D eigenvalue weighted by Crippen LogP contribution is -2.04. The highest BCUT2D eigenvalue weighted by molar-refractivity contribution is 7.09. The van der Waals surface area contributed by atoms with E-state index >= 15 is 0 Å². The number of ketones is 1. The van der Waals surface area contributed by atoms with E-state index in [2.05, 4.69) is 0 Å². The van der Waals surface area contributed by atoms with Crippen LogP contribution in [-0.2, 0) is 6.42 Å². The number of hydrogen-bond donors (Lipinski definition) is 1.